The van der Waals surface area contributed by atoms with Crippen LogP contribution in [0.3, 0.4) is 0 Å². The molecular formula is C18H31N3. The molecule has 1 aliphatic heterocycles. The van der Waals surface area contributed by atoms with E-state index < -0.39 is 0 Å². The first-order chi connectivity index (χ1) is 9.93. The van der Waals surface area contributed by atoms with Crippen molar-refractivity contribution in [2.24, 2.45) is 0 Å². The third kappa shape index (κ3) is 3.57. The smallest absolute Gasteiger partial charge is 0.134 e. The van der Waals surface area contributed by atoms with Crippen LogP contribution in [0.2, 0.25) is 0 Å². The highest BCUT2D eigenvalue weighted by Crippen LogP contribution is 2.34. The fourth-order valence-corrected chi connectivity index (χ4v) is 3.44. The zero-order valence-electron chi connectivity index (χ0n) is 14.5. The number of aryl methyl sites for hydroxylation is 2. The van der Waals surface area contributed by atoms with Gasteiger partial charge in [0.15, 0.2) is 0 Å². The number of aromatic nitrogens is 1. The lowest BCUT2D eigenvalue weighted by atomic mass is 10.1. The number of anilines is 1. The summed E-state index contributed by atoms with van der Waals surface area (Å²) in [6.45, 7) is 14.3. The number of pyridine rings is 1. The second kappa shape index (κ2) is 6.78. The normalized spacial score (nSPS) is 22.3. The second-order valence-electron chi connectivity index (χ2n) is 6.81. The van der Waals surface area contributed by atoms with Crippen molar-refractivity contribution in [2.75, 3.05) is 4.90 Å². The molecule has 2 heterocycles. The van der Waals surface area contributed by atoms with Crippen molar-refractivity contribution < 1.29 is 0 Å². The Hall–Kier alpha value is -1.09. The third-order valence-electron chi connectivity index (χ3n) is 4.64. The number of hydrogen-bond donors (Lipinski definition) is 1. The summed E-state index contributed by atoms with van der Waals surface area (Å²) >= 11 is 0. The van der Waals surface area contributed by atoms with Gasteiger partial charge in [-0.05, 0) is 51.7 Å². The standard InChI is InChI=1S/C18H31N3/c1-7-16-9-8-15(6)21(16)18-17(11-19-12(2)3)13(4)10-14(5)20-18/h10,12,15-16,19H,7-9,11H2,1-6H3. The summed E-state index contributed by atoms with van der Waals surface area (Å²) in [5.74, 6) is 1.22. The van der Waals surface area contributed by atoms with E-state index in [1.165, 1.54) is 36.2 Å². The molecule has 2 atom stereocenters. The summed E-state index contributed by atoms with van der Waals surface area (Å²) in [6.07, 6.45) is 3.78. The molecule has 3 nitrogen and oxygen atoms in total. The first-order valence-electron chi connectivity index (χ1n) is 8.42. The maximum Gasteiger partial charge on any atom is 0.134 e. The highest BCUT2D eigenvalue weighted by atomic mass is 15.3. The highest BCUT2D eigenvalue weighted by molar-refractivity contribution is 5.54. The van der Waals surface area contributed by atoms with E-state index in [0.717, 1.165) is 12.2 Å². The number of rotatable bonds is 5. The van der Waals surface area contributed by atoms with Gasteiger partial charge in [-0.3, -0.25) is 0 Å². The molecule has 1 aromatic heterocycles. The van der Waals surface area contributed by atoms with E-state index in [0.29, 0.717) is 18.1 Å². The van der Waals surface area contributed by atoms with E-state index in [1.54, 1.807) is 0 Å². The summed E-state index contributed by atoms with van der Waals surface area (Å²) in [6, 6.07) is 3.95. The first-order valence-corrected chi connectivity index (χ1v) is 8.42. The maximum atomic E-state index is 4.93. The maximum absolute atomic E-state index is 4.93. The van der Waals surface area contributed by atoms with Gasteiger partial charge < -0.3 is 10.2 Å². The lowest BCUT2D eigenvalue weighted by Crippen LogP contribution is -2.36. The molecule has 3 heteroatoms. The van der Waals surface area contributed by atoms with Gasteiger partial charge in [0, 0.05) is 35.9 Å². The van der Waals surface area contributed by atoms with E-state index in [9.17, 15) is 0 Å². The molecule has 0 radical (unpaired) electrons. The molecule has 1 saturated heterocycles. The van der Waals surface area contributed by atoms with Crippen molar-refractivity contribution in [3.63, 3.8) is 0 Å². The van der Waals surface area contributed by atoms with Crippen molar-refractivity contribution >= 4 is 5.82 Å². The Morgan fingerprint density at radius 2 is 2.05 bits per heavy atom. The van der Waals surface area contributed by atoms with Crippen LogP contribution in [0, 0.1) is 13.8 Å². The Morgan fingerprint density at radius 3 is 2.67 bits per heavy atom. The summed E-state index contributed by atoms with van der Waals surface area (Å²) in [5.41, 5.74) is 3.87. The van der Waals surface area contributed by atoms with Crippen LogP contribution in [0.25, 0.3) is 0 Å². The van der Waals surface area contributed by atoms with Crippen LogP contribution in [0.15, 0.2) is 6.07 Å². The Kier molecular flexibility index (Phi) is 5.26. The molecule has 0 aliphatic carbocycles. The molecule has 2 rings (SSSR count). The Labute approximate surface area is 130 Å². The van der Waals surface area contributed by atoms with Crippen molar-refractivity contribution in [2.45, 2.75) is 85.5 Å². The summed E-state index contributed by atoms with van der Waals surface area (Å²) in [5, 5.41) is 3.57. The van der Waals surface area contributed by atoms with Crippen LogP contribution < -0.4 is 10.2 Å². The van der Waals surface area contributed by atoms with Gasteiger partial charge in [-0.1, -0.05) is 20.8 Å². The Morgan fingerprint density at radius 1 is 1.33 bits per heavy atom. The lowest BCUT2D eigenvalue weighted by Gasteiger charge is -2.32. The first kappa shape index (κ1) is 16.3. The molecule has 0 spiro atoms. The van der Waals surface area contributed by atoms with Crippen LogP contribution in [-0.4, -0.2) is 23.1 Å². The van der Waals surface area contributed by atoms with Crippen molar-refractivity contribution in [3.8, 4) is 0 Å². The fraction of sp³-hybridized carbons (Fsp3) is 0.722. The van der Waals surface area contributed by atoms with Gasteiger partial charge in [-0.2, -0.15) is 0 Å². The highest BCUT2D eigenvalue weighted by Gasteiger charge is 2.32. The van der Waals surface area contributed by atoms with Crippen molar-refractivity contribution in [1.82, 2.24) is 10.3 Å². The molecule has 118 valence electrons. The molecule has 0 aromatic carbocycles. The van der Waals surface area contributed by atoms with Gasteiger partial charge in [0.05, 0.1) is 0 Å². The van der Waals surface area contributed by atoms with E-state index >= 15 is 0 Å². The topological polar surface area (TPSA) is 28.2 Å². The average molecular weight is 289 g/mol. The van der Waals surface area contributed by atoms with Crippen LogP contribution in [-0.2, 0) is 6.54 Å². The summed E-state index contributed by atoms with van der Waals surface area (Å²) in [4.78, 5) is 7.51. The van der Waals surface area contributed by atoms with Crippen molar-refractivity contribution in [1.29, 1.82) is 0 Å². The number of nitrogens with zero attached hydrogens (tertiary/aromatic N) is 2. The van der Waals surface area contributed by atoms with Crippen LogP contribution in [0.1, 0.15) is 63.8 Å². The van der Waals surface area contributed by atoms with Gasteiger partial charge in [0.25, 0.3) is 0 Å². The second-order valence-corrected chi connectivity index (χ2v) is 6.81. The molecule has 1 N–H and O–H groups in total. The van der Waals surface area contributed by atoms with Gasteiger partial charge in [0.2, 0.25) is 0 Å². The molecule has 1 aromatic rings. The minimum absolute atomic E-state index is 0.497. The minimum atomic E-state index is 0.497. The molecule has 0 saturated carbocycles. The molecule has 2 unspecified atom stereocenters. The third-order valence-corrected chi connectivity index (χ3v) is 4.64. The number of hydrogen-bond acceptors (Lipinski definition) is 3. The Balaban J connectivity index is 2.40. The monoisotopic (exact) mass is 289 g/mol. The minimum Gasteiger partial charge on any atom is -0.351 e. The largest absolute Gasteiger partial charge is 0.351 e. The number of nitrogens with one attached hydrogen (secondary N) is 1. The molecule has 0 bridgehead atoms. The molecular weight excluding hydrogens is 258 g/mol. The molecule has 1 aliphatic rings. The SMILES string of the molecule is CCC1CCC(C)N1c1nc(C)cc(C)c1CNC(C)C. The predicted octanol–water partition coefficient (Wildman–Crippen LogP) is 3.96. The van der Waals surface area contributed by atoms with Crippen LogP contribution in [0.4, 0.5) is 5.82 Å². The molecule has 0 amide bonds. The lowest BCUT2D eigenvalue weighted by molar-refractivity contribution is 0.576. The van der Waals surface area contributed by atoms with E-state index in [-0.39, 0.29) is 0 Å². The van der Waals surface area contributed by atoms with E-state index in [1.807, 2.05) is 0 Å². The summed E-state index contributed by atoms with van der Waals surface area (Å²) in [7, 11) is 0. The van der Waals surface area contributed by atoms with Crippen LogP contribution >= 0.6 is 0 Å². The van der Waals surface area contributed by atoms with Crippen molar-refractivity contribution in [3.05, 3.63) is 22.9 Å². The molecule has 21 heavy (non-hydrogen) atoms. The van der Waals surface area contributed by atoms with Gasteiger partial charge in [-0.25, -0.2) is 4.98 Å². The zero-order valence-corrected chi connectivity index (χ0v) is 14.5. The van der Waals surface area contributed by atoms with Gasteiger partial charge in [-0.15, -0.1) is 0 Å². The molecule has 1 fully saturated rings. The van der Waals surface area contributed by atoms with Gasteiger partial charge in [0.1, 0.15) is 5.82 Å². The van der Waals surface area contributed by atoms with Crippen LogP contribution in [0.5, 0.6) is 0 Å². The van der Waals surface area contributed by atoms with E-state index in [2.05, 4.69) is 57.8 Å². The van der Waals surface area contributed by atoms with E-state index in [4.69, 9.17) is 4.98 Å². The predicted molar refractivity (Wildman–Crippen MR) is 90.9 cm³/mol. The average Bonchev–Trinajstić information content (AvgIpc) is 2.77. The zero-order chi connectivity index (χ0) is 15.6. The quantitative estimate of drug-likeness (QED) is 0.889. The Bertz CT molecular complexity index is 482. The summed E-state index contributed by atoms with van der Waals surface area (Å²) < 4.78 is 0. The van der Waals surface area contributed by atoms with Gasteiger partial charge >= 0.3 is 0 Å². The fourth-order valence-electron chi connectivity index (χ4n) is 3.44.